The summed E-state index contributed by atoms with van der Waals surface area (Å²) in [5, 5.41) is 4.31. The molecule has 1 saturated carbocycles. The van der Waals surface area contributed by atoms with Crippen LogP contribution in [-0.4, -0.2) is 6.54 Å². The lowest BCUT2D eigenvalue weighted by Crippen LogP contribution is -2.17. The fourth-order valence-electron chi connectivity index (χ4n) is 2.51. The van der Waals surface area contributed by atoms with Crippen molar-refractivity contribution in [2.45, 2.75) is 38.6 Å². The second-order valence-electron chi connectivity index (χ2n) is 4.85. The lowest BCUT2D eigenvalue weighted by atomic mass is 10.0. The molecule has 17 heavy (non-hydrogen) atoms. The smallest absolute Gasteiger partial charge is 0.0410 e. The third kappa shape index (κ3) is 4.27. The Kier molecular flexibility index (Phi) is 5.33. The van der Waals surface area contributed by atoms with Crippen LogP contribution in [0.15, 0.2) is 22.7 Å². The zero-order valence-corrected chi connectivity index (χ0v) is 12.4. The Bertz CT molecular complexity index is 361. The van der Waals surface area contributed by atoms with E-state index in [2.05, 4.69) is 21.2 Å². The highest BCUT2D eigenvalue weighted by molar-refractivity contribution is 9.10. The zero-order valence-electron chi connectivity index (χ0n) is 10.0. The van der Waals surface area contributed by atoms with Gasteiger partial charge in [0.25, 0.3) is 0 Å². The van der Waals surface area contributed by atoms with Gasteiger partial charge in [-0.1, -0.05) is 53.2 Å². The van der Waals surface area contributed by atoms with E-state index in [0.717, 1.165) is 28.5 Å². The number of rotatable bonds is 5. The molecule has 1 N–H and O–H groups in total. The van der Waals surface area contributed by atoms with Gasteiger partial charge in [0, 0.05) is 16.0 Å². The van der Waals surface area contributed by atoms with Crippen LogP contribution in [0.5, 0.6) is 0 Å². The molecule has 0 radical (unpaired) electrons. The Morgan fingerprint density at radius 1 is 1.29 bits per heavy atom. The summed E-state index contributed by atoms with van der Waals surface area (Å²) in [7, 11) is 0. The van der Waals surface area contributed by atoms with Gasteiger partial charge in [-0.3, -0.25) is 0 Å². The molecule has 0 saturated heterocycles. The van der Waals surface area contributed by atoms with Gasteiger partial charge in [0.15, 0.2) is 0 Å². The minimum absolute atomic E-state index is 0.806. The van der Waals surface area contributed by atoms with Crippen molar-refractivity contribution in [2.75, 3.05) is 6.54 Å². The lowest BCUT2D eigenvalue weighted by Gasteiger charge is -2.10. The van der Waals surface area contributed by atoms with Crippen LogP contribution in [0.3, 0.4) is 0 Å². The van der Waals surface area contributed by atoms with E-state index in [1.807, 2.05) is 18.2 Å². The lowest BCUT2D eigenvalue weighted by molar-refractivity contribution is 0.477. The average Bonchev–Trinajstić information content (AvgIpc) is 2.82. The van der Waals surface area contributed by atoms with Gasteiger partial charge < -0.3 is 5.32 Å². The maximum Gasteiger partial charge on any atom is 0.0410 e. The van der Waals surface area contributed by atoms with Crippen molar-refractivity contribution in [3.05, 3.63) is 33.3 Å². The standard InChI is InChI=1S/C14H19BrClN/c15-14-6-5-13(16)9-12(14)10-17-8-7-11-3-1-2-4-11/h5-6,9,11,17H,1-4,7-8,10H2. The van der Waals surface area contributed by atoms with Crippen molar-refractivity contribution in [3.63, 3.8) is 0 Å². The molecule has 1 fully saturated rings. The maximum atomic E-state index is 5.98. The Morgan fingerprint density at radius 2 is 2.06 bits per heavy atom. The van der Waals surface area contributed by atoms with Gasteiger partial charge in [0.2, 0.25) is 0 Å². The summed E-state index contributed by atoms with van der Waals surface area (Å²) in [4.78, 5) is 0. The van der Waals surface area contributed by atoms with E-state index in [1.165, 1.54) is 37.7 Å². The molecule has 0 aliphatic heterocycles. The molecule has 0 spiro atoms. The first kappa shape index (κ1) is 13.4. The van der Waals surface area contributed by atoms with Crippen molar-refractivity contribution in [1.29, 1.82) is 0 Å². The number of hydrogen-bond donors (Lipinski definition) is 1. The second kappa shape index (κ2) is 6.77. The summed E-state index contributed by atoms with van der Waals surface area (Å²) in [5.41, 5.74) is 1.24. The van der Waals surface area contributed by atoms with Crippen molar-refractivity contribution in [2.24, 2.45) is 5.92 Å². The monoisotopic (exact) mass is 315 g/mol. The van der Waals surface area contributed by atoms with Gasteiger partial charge in [-0.25, -0.2) is 0 Å². The van der Waals surface area contributed by atoms with Crippen molar-refractivity contribution in [3.8, 4) is 0 Å². The zero-order chi connectivity index (χ0) is 12.1. The minimum Gasteiger partial charge on any atom is -0.313 e. The van der Waals surface area contributed by atoms with Gasteiger partial charge in [-0.15, -0.1) is 0 Å². The Balaban J connectivity index is 1.72. The van der Waals surface area contributed by atoms with Crippen LogP contribution in [0.25, 0.3) is 0 Å². The number of halogens is 2. The summed E-state index contributed by atoms with van der Waals surface area (Å²) >= 11 is 9.53. The van der Waals surface area contributed by atoms with Gasteiger partial charge in [-0.2, -0.15) is 0 Å². The predicted molar refractivity (Wildman–Crippen MR) is 77.4 cm³/mol. The molecule has 0 heterocycles. The topological polar surface area (TPSA) is 12.0 Å². The first-order valence-electron chi connectivity index (χ1n) is 6.40. The molecule has 1 aliphatic carbocycles. The molecule has 0 atom stereocenters. The molecule has 1 aromatic rings. The van der Waals surface area contributed by atoms with Gasteiger partial charge >= 0.3 is 0 Å². The van der Waals surface area contributed by atoms with E-state index in [-0.39, 0.29) is 0 Å². The summed E-state index contributed by atoms with van der Waals surface area (Å²) in [6.45, 7) is 2.01. The van der Waals surface area contributed by atoms with Crippen LogP contribution >= 0.6 is 27.5 Å². The maximum absolute atomic E-state index is 5.98. The first-order chi connectivity index (χ1) is 8.25. The molecule has 3 heteroatoms. The Hall–Kier alpha value is -0.0500. The van der Waals surface area contributed by atoms with Crippen molar-refractivity contribution in [1.82, 2.24) is 5.32 Å². The quantitative estimate of drug-likeness (QED) is 0.771. The van der Waals surface area contributed by atoms with Crippen molar-refractivity contribution < 1.29 is 0 Å². The molecule has 0 amide bonds. The molecule has 0 bridgehead atoms. The van der Waals surface area contributed by atoms with Gasteiger partial charge in [0.1, 0.15) is 0 Å². The van der Waals surface area contributed by atoms with Gasteiger partial charge in [0.05, 0.1) is 0 Å². The molecular formula is C14H19BrClN. The van der Waals surface area contributed by atoms with E-state index in [4.69, 9.17) is 11.6 Å². The largest absolute Gasteiger partial charge is 0.313 e. The average molecular weight is 317 g/mol. The summed E-state index contributed by atoms with van der Waals surface area (Å²) in [6.07, 6.45) is 7.05. The molecule has 1 nitrogen and oxygen atoms in total. The summed E-state index contributed by atoms with van der Waals surface area (Å²) in [6, 6.07) is 5.94. The fraction of sp³-hybridized carbons (Fsp3) is 0.571. The number of nitrogens with one attached hydrogen (secondary N) is 1. The van der Waals surface area contributed by atoms with Crippen LogP contribution in [0.4, 0.5) is 0 Å². The van der Waals surface area contributed by atoms with Crippen LogP contribution in [0.1, 0.15) is 37.7 Å². The highest BCUT2D eigenvalue weighted by Crippen LogP contribution is 2.27. The predicted octanol–water partition coefficient (Wildman–Crippen LogP) is 4.77. The second-order valence-corrected chi connectivity index (χ2v) is 6.14. The molecule has 0 unspecified atom stereocenters. The van der Waals surface area contributed by atoms with E-state index in [0.29, 0.717) is 0 Å². The number of benzene rings is 1. The summed E-state index contributed by atoms with van der Waals surface area (Å²) in [5.74, 6) is 0.963. The Labute approximate surface area is 117 Å². The van der Waals surface area contributed by atoms with E-state index < -0.39 is 0 Å². The van der Waals surface area contributed by atoms with E-state index in [1.54, 1.807) is 0 Å². The molecule has 1 aromatic carbocycles. The third-order valence-corrected chi connectivity index (χ3v) is 4.54. The van der Waals surface area contributed by atoms with Crippen LogP contribution < -0.4 is 5.32 Å². The van der Waals surface area contributed by atoms with Crippen LogP contribution in [0, 0.1) is 5.92 Å². The highest BCUT2D eigenvalue weighted by Gasteiger charge is 2.13. The molecule has 94 valence electrons. The number of hydrogen-bond acceptors (Lipinski definition) is 1. The highest BCUT2D eigenvalue weighted by atomic mass is 79.9. The molecular weight excluding hydrogens is 298 g/mol. The van der Waals surface area contributed by atoms with Gasteiger partial charge in [-0.05, 0) is 42.6 Å². The molecule has 2 rings (SSSR count). The normalized spacial score (nSPS) is 16.6. The van der Waals surface area contributed by atoms with Crippen LogP contribution in [0.2, 0.25) is 5.02 Å². The third-order valence-electron chi connectivity index (χ3n) is 3.53. The molecule has 0 aromatic heterocycles. The fourth-order valence-corrected chi connectivity index (χ4v) is 3.09. The minimum atomic E-state index is 0.806. The van der Waals surface area contributed by atoms with E-state index in [9.17, 15) is 0 Å². The summed E-state index contributed by atoms with van der Waals surface area (Å²) < 4.78 is 1.13. The van der Waals surface area contributed by atoms with E-state index >= 15 is 0 Å². The van der Waals surface area contributed by atoms with Crippen molar-refractivity contribution >= 4 is 27.5 Å². The Morgan fingerprint density at radius 3 is 2.82 bits per heavy atom. The van der Waals surface area contributed by atoms with Crippen LogP contribution in [-0.2, 0) is 6.54 Å². The SMILES string of the molecule is Clc1ccc(Br)c(CNCCC2CCCC2)c1. The first-order valence-corrected chi connectivity index (χ1v) is 7.57. The molecule has 1 aliphatic rings.